The largest absolute Gasteiger partial charge is 0.156 e. The second-order valence-corrected chi connectivity index (χ2v) is 7.49. The molecular weight excluding hydrogens is 248 g/mol. The summed E-state index contributed by atoms with van der Waals surface area (Å²) in [5.41, 5.74) is 4.45. The molecule has 0 spiro atoms. The van der Waals surface area contributed by atoms with E-state index in [0.717, 1.165) is 19.3 Å². The molecular formula is C18H28S. The molecule has 19 heavy (non-hydrogen) atoms. The van der Waals surface area contributed by atoms with Crippen molar-refractivity contribution in [3.8, 4) is 0 Å². The minimum absolute atomic E-state index is 0.315. The van der Waals surface area contributed by atoms with Gasteiger partial charge in [-0.05, 0) is 41.7 Å². The molecule has 0 saturated heterocycles. The van der Waals surface area contributed by atoms with Crippen LogP contribution in [-0.4, -0.2) is 10.5 Å². The molecule has 0 aromatic heterocycles. The van der Waals surface area contributed by atoms with Crippen molar-refractivity contribution in [2.24, 2.45) is 0 Å². The molecule has 0 atom stereocenters. The monoisotopic (exact) mass is 276 g/mol. The van der Waals surface area contributed by atoms with Crippen LogP contribution in [0.5, 0.6) is 0 Å². The molecule has 0 radical (unpaired) electrons. The Balaban J connectivity index is 3.05. The molecule has 1 heteroatoms. The van der Waals surface area contributed by atoms with Gasteiger partial charge in [-0.2, -0.15) is 11.8 Å². The lowest BCUT2D eigenvalue weighted by Gasteiger charge is -2.25. The number of allylic oxidation sites excluding steroid dienone is 2. The molecule has 0 heterocycles. The highest BCUT2D eigenvalue weighted by molar-refractivity contribution is 8.00. The van der Waals surface area contributed by atoms with Crippen molar-refractivity contribution < 1.29 is 0 Å². The number of thioether (sulfide) groups is 1. The van der Waals surface area contributed by atoms with Gasteiger partial charge in [-0.1, -0.05) is 65.0 Å². The Bertz CT molecular complexity index is 415. The van der Waals surface area contributed by atoms with Crippen molar-refractivity contribution in [1.29, 1.82) is 0 Å². The highest BCUT2D eigenvalue weighted by Crippen LogP contribution is 2.32. The zero-order valence-corrected chi connectivity index (χ0v) is 13.9. The van der Waals surface area contributed by atoms with Crippen molar-refractivity contribution in [3.63, 3.8) is 0 Å². The van der Waals surface area contributed by atoms with E-state index in [1.54, 1.807) is 0 Å². The van der Waals surface area contributed by atoms with Gasteiger partial charge in [-0.3, -0.25) is 0 Å². The predicted molar refractivity (Wildman–Crippen MR) is 90.9 cm³/mol. The summed E-state index contributed by atoms with van der Waals surface area (Å²) in [7, 11) is 0. The molecule has 0 aliphatic carbocycles. The fourth-order valence-corrected chi connectivity index (χ4v) is 3.62. The zero-order valence-electron chi connectivity index (χ0n) is 13.1. The molecule has 1 aromatic rings. The van der Waals surface area contributed by atoms with Crippen molar-refractivity contribution in [3.05, 3.63) is 41.5 Å². The quantitative estimate of drug-likeness (QED) is 0.591. The Hall–Kier alpha value is -0.690. The second-order valence-electron chi connectivity index (χ2n) is 5.52. The van der Waals surface area contributed by atoms with E-state index < -0.39 is 0 Å². The van der Waals surface area contributed by atoms with E-state index in [1.807, 2.05) is 0 Å². The third-order valence-corrected chi connectivity index (χ3v) is 4.56. The molecule has 0 N–H and O–H groups in total. The molecule has 0 nitrogen and oxygen atoms in total. The van der Waals surface area contributed by atoms with Gasteiger partial charge in [0.05, 0.1) is 0 Å². The zero-order chi connectivity index (χ0) is 14.3. The minimum atomic E-state index is 0.315. The van der Waals surface area contributed by atoms with Crippen LogP contribution < -0.4 is 0 Å². The van der Waals surface area contributed by atoms with E-state index in [4.69, 9.17) is 0 Å². The molecule has 0 bridgehead atoms. The normalized spacial score (nSPS) is 12.8. The average Bonchev–Trinajstić information content (AvgIpc) is 2.36. The first kappa shape index (κ1) is 16.4. The van der Waals surface area contributed by atoms with Crippen LogP contribution in [0.2, 0.25) is 0 Å². The highest BCUT2D eigenvalue weighted by atomic mass is 32.2. The maximum absolute atomic E-state index is 2.37. The van der Waals surface area contributed by atoms with E-state index in [2.05, 4.69) is 76.7 Å². The fraction of sp³-hybridized carbons (Fsp3) is 0.556. The van der Waals surface area contributed by atoms with Crippen molar-refractivity contribution >= 4 is 17.3 Å². The molecule has 0 fully saturated rings. The van der Waals surface area contributed by atoms with Gasteiger partial charge in [0.25, 0.3) is 0 Å². The van der Waals surface area contributed by atoms with Gasteiger partial charge < -0.3 is 0 Å². The standard InChI is InChI=1S/C18H28S/c1-6-11-15(7-2)17-13-10-9-12-16(17)14-18(4,5)19-8-3/h9-13H,6-8,14H2,1-5H3. The van der Waals surface area contributed by atoms with Crippen molar-refractivity contribution in [2.75, 3.05) is 5.75 Å². The summed E-state index contributed by atoms with van der Waals surface area (Å²) in [6.45, 7) is 11.4. The summed E-state index contributed by atoms with van der Waals surface area (Å²) in [5, 5.41) is 0. The van der Waals surface area contributed by atoms with E-state index in [1.165, 1.54) is 22.5 Å². The van der Waals surface area contributed by atoms with E-state index in [-0.39, 0.29) is 0 Å². The van der Waals surface area contributed by atoms with Gasteiger partial charge in [-0.15, -0.1) is 0 Å². The number of rotatable bonds is 7. The molecule has 1 rings (SSSR count). The van der Waals surface area contributed by atoms with Crippen LogP contribution in [0, 0.1) is 0 Å². The molecule has 0 unspecified atom stereocenters. The van der Waals surface area contributed by atoms with Crippen molar-refractivity contribution in [2.45, 2.75) is 58.6 Å². The summed E-state index contributed by atoms with van der Waals surface area (Å²) >= 11 is 2.05. The molecule has 0 aliphatic heterocycles. The first-order chi connectivity index (χ1) is 9.04. The molecule has 1 aromatic carbocycles. The summed E-state index contributed by atoms with van der Waals surface area (Å²) < 4.78 is 0.315. The van der Waals surface area contributed by atoms with Gasteiger partial charge in [0.15, 0.2) is 0 Å². The third kappa shape index (κ3) is 5.06. The van der Waals surface area contributed by atoms with Crippen molar-refractivity contribution in [1.82, 2.24) is 0 Å². The summed E-state index contributed by atoms with van der Waals surface area (Å²) in [5.74, 6) is 1.18. The first-order valence-electron chi connectivity index (χ1n) is 7.45. The van der Waals surface area contributed by atoms with E-state index >= 15 is 0 Å². The van der Waals surface area contributed by atoms with Crippen LogP contribution in [0.3, 0.4) is 0 Å². The number of benzene rings is 1. The molecule has 0 amide bonds. The molecule has 106 valence electrons. The SMILES string of the molecule is CCC=C(CC)c1ccccc1CC(C)(C)SCC. The lowest BCUT2D eigenvalue weighted by Crippen LogP contribution is -2.19. The number of hydrogen-bond donors (Lipinski definition) is 0. The Morgan fingerprint density at radius 1 is 1.16 bits per heavy atom. The third-order valence-electron chi connectivity index (χ3n) is 3.35. The topological polar surface area (TPSA) is 0 Å². The summed E-state index contributed by atoms with van der Waals surface area (Å²) in [6.07, 6.45) is 5.75. The molecule has 0 aliphatic rings. The second kappa shape index (κ2) is 7.79. The smallest absolute Gasteiger partial charge is 0.0144 e. The van der Waals surface area contributed by atoms with Crippen LogP contribution in [-0.2, 0) is 6.42 Å². The molecule has 0 saturated carbocycles. The average molecular weight is 276 g/mol. The Morgan fingerprint density at radius 3 is 2.42 bits per heavy atom. The fourth-order valence-electron chi connectivity index (χ4n) is 2.58. The van der Waals surface area contributed by atoms with E-state index in [9.17, 15) is 0 Å². The lowest BCUT2D eigenvalue weighted by atomic mass is 9.91. The van der Waals surface area contributed by atoms with Gasteiger partial charge in [-0.25, -0.2) is 0 Å². The summed E-state index contributed by atoms with van der Waals surface area (Å²) in [6, 6.07) is 8.92. The summed E-state index contributed by atoms with van der Waals surface area (Å²) in [4.78, 5) is 0. The minimum Gasteiger partial charge on any atom is -0.156 e. The Labute approximate surface area is 123 Å². The van der Waals surface area contributed by atoms with Gasteiger partial charge in [0.1, 0.15) is 0 Å². The first-order valence-corrected chi connectivity index (χ1v) is 8.43. The highest BCUT2D eigenvalue weighted by Gasteiger charge is 2.20. The van der Waals surface area contributed by atoms with Gasteiger partial charge >= 0.3 is 0 Å². The van der Waals surface area contributed by atoms with Crippen LogP contribution >= 0.6 is 11.8 Å². The van der Waals surface area contributed by atoms with Gasteiger partial charge in [0, 0.05) is 4.75 Å². The number of hydrogen-bond acceptors (Lipinski definition) is 1. The maximum atomic E-state index is 2.37. The lowest BCUT2D eigenvalue weighted by molar-refractivity contribution is 0.706. The van der Waals surface area contributed by atoms with Gasteiger partial charge in [0.2, 0.25) is 0 Å². The van der Waals surface area contributed by atoms with Crippen LogP contribution in [0.1, 0.15) is 58.6 Å². The Morgan fingerprint density at radius 2 is 1.84 bits per heavy atom. The van der Waals surface area contributed by atoms with E-state index in [0.29, 0.717) is 4.75 Å². The van der Waals surface area contributed by atoms with Crippen LogP contribution in [0.4, 0.5) is 0 Å². The Kier molecular flexibility index (Phi) is 6.71. The van der Waals surface area contributed by atoms with Crippen LogP contribution in [0.25, 0.3) is 5.57 Å². The van der Waals surface area contributed by atoms with Crippen LogP contribution in [0.15, 0.2) is 30.3 Å². The maximum Gasteiger partial charge on any atom is 0.0144 e. The predicted octanol–water partition coefficient (Wildman–Crippen LogP) is 5.96.